The standard InChI is InChI=1S/C64H86Cl4N8O12S2/c65-43-37-55-53(57(67)39-43)41-59(75-45-7-3-8-46(75)10-4-9-45)61(55)87-49-15-19-51(20-16-49)89(79,80)73-27-31-85-35-33-83-29-25-71-63(77)69-23-1-2-24-70-64(78)72-26-30-84-34-36-86-32-28-74-90(81,82)52-21-17-50(18-22-52)88-62-56-38-44(66)40-58(68)54(56)42-60(62)76-47-11-5-12-48(76)14-6-13-47/h15-22,37-40,45-48,59-62,73-74H,1-14,23-36,41-42H2,(H2,69,71,77)(H2,70,72,78)/t45?,46?,47?,48?,59-,60-,61-,62-/m0/s1. The van der Waals surface area contributed by atoms with Crippen LogP contribution in [0.5, 0.6) is 11.5 Å². The third-order valence-corrected chi connectivity index (χ3v) is 22.2. The molecule has 4 saturated heterocycles. The van der Waals surface area contributed by atoms with Crippen LogP contribution in [0.3, 0.4) is 0 Å². The van der Waals surface area contributed by atoms with Crippen molar-refractivity contribution < 1.29 is 54.8 Å². The quantitative estimate of drug-likeness (QED) is 0.0244. The second kappa shape index (κ2) is 33.2. The Hall–Kier alpha value is -4.24. The number of amides is 4. The van der Waals surface area contributed by atoms with Gasteiger partial charge in [-0.3, -0.25) is 9.80 Å². The SMILES string of the molecule is O=C(NCCCCNC(=O)NCCOCCOCCNS(=O)(=O)c1ccc(O[C@H]2c3cc(Cl)cc(Cl)c3C[C@@H]2N2C3CCCC2CCC3)cc1)NCCOCCOCCNS(=O)(=O)c1ccc(O[C@H]2c3cc(Cl)cc(Cl)c3C[C@@H]2N2C3CCCC2CCC3)cc1. The third-order valence-electron chi connectivity index (χ3n) is 18.1. The van der Waals surface area contributed by atoms with Gasteiger partial charge in [0.1, 0.15) is 23.7 Å². The van der Waals surface area contributed by atoms with Crippen LogP contribution in [0.2, 0.25) is 20.1 Å². The number of hydrogen-bond donors (Lipinski definition) is 6. The maximum Gasteiger partial charge on any atom is 0.314 e. The van der Waals surface area contributed by atoms with Crippen LogP contribution in [0.15, 0.2) is 82.6 Å². The number of nitrogens with one attached hydrogen (secondary N) is 6. The Labute approximate surface area is 550 Å². The van der Waals surface area contributed by atoms with E-state index in [0.29, 0.717) is 81.7 Å². The highest BCUT2D eigenvalue weighted by molar-refractivity contribution is 7.89. The molecule has 4 fully saturated rings. The van der Waals surface area contributed by atoms with Gasteiger partial charge in [0, 0.05) is 94.7 Å². The second-order valence-electron chi connectivity index (χ2n) is 24.0. The van der Waals surface area contributed by atoms with Gasteiger partial charge in [-0.05, 0) is 161 Å². The molecule has 0 aromatic heterocycles. The Balaban J connectivity index is 0.502. The molecule has 4 heterocycles. The summed E-state index contributed by atoms with van der Waals surface area (Å²) in [4.78, 5) is 30.0. The van der Waals surface area contributed by atoms with E-state index in [1.165, 1.54) is 77.0 Å². The minimum atomic E-state index is -3.80. The normalized spacial score (nSPS) is 23.2. The first-order valence-electron chi connectivity index (χ1n) is 32.0. The number of carbonyl (C=O) groups excluding carboxylic acids is 2. The number of unbranched alkanes of at least 4 members (excludes halogenated alkanes) is 1. The largest absolute Gasteiger partial charge is 0.484 e. The van der Waals surface area contributed by atoms with E-state index >= 15 is 0 Å². The second-order valence-corrected chi connectivity index (χ2v) is 29.2. The number of rotatable bonds is 33. The van der Waals surface area contributed by atoms with E-state index in [0.717, 1.165) is 35.1 Å². The topological polar surface area (TPSA) is 236 Å². The zero-order chi connectivity index (χ0) is 63.0. The molecule has 0 radical (unpaired) electrons. The lowest BCUT2D eigenvalue weighted by Crippen LogP contribution is -2.56. The molecule has 6 N–H and O–H groups in total. The van der Waals surface area contributed by atoms with Crippen molar-refractivity contribution in [3.05, 3.63) is 115 Å². The first-order chi connectivity index (χ1) is 43.6. The van der Waals surface area contributed by atoms with E-state index in [-0.39, 0.29) is 125 Å². The molecule has 4 aromatic carbocycles. The summed E-state index contributed by atoms with van der Waals surface area (Å²) in [6.07, 6.45) is 16.8. The fourth-order valence-electron chi connectivity index (χ4n) is 14.1. The number of fused-ring (bicyclic) bond motifs is 6. The Morgan fingerprint density at radius 1 is 0.433 bits per heavy atom. The molecule has 4 aromatic rings. The smallest absolute Gasteiger partial charge is 0.314 e. The molecule has 90 heavy (non-hydrogen) atoms. The van der Waals surface area contributed by atoms with Crippen molar-refractivity contribution in [1.82, 2.24) is 40.5 Å². The van der Waals surface area contributed by atoms with E-state index in [1.54, 1.807) is 60.7 Å². The van der Waals surface area contributed by atoms with Crippen LogP contribution in [0, 0.1) is 0 Å². The summed E-state index contributed by atoms with van der Waals surface area (Å²) in [6, 6.07) is 22.1. The summed E-state index contributed by atoms with van der Waals surface area (Å²) in [7, 11) is -7.61. The number of halogens is 4. The van der Waals surface area contributed by atoms with Crippen LogP contribution >= 0.6 is 46.4 Å². The molecular formula is C64H86Cl4N8O12S2. The zero-order valence-corrected chi connectivity index (χ0v) is 55.5. The summed E-state index contributed by atoms with van der Waals surface area (Å²) < 4.78 is 93.4. The summed E-state index contributed by atoms with van der Waals surface area (Å²) in [5.41, 5.74) is 4.12. The number of hydrogen-bond acceptors (Lipinski definition) is 14. The molecule has 20 nitrogen and oxygen atoms in total. The van der Waals surface area contributed by atoms with Crippen LogP contribution in [0.4, 0.5) is 9.59 Å². The molecule has 4 aliphatic heterocycles. The van der Waals surface area contributed by atoms with Gasteiger partial charge in [-0.2, -0.15) is 0 Å². The van der Waals surface area contributed by atoms with Crippen LogP contribution in [0.25, 0.3) is 0 Å². The first-order valence-corrected chi connectivity index (χ1v) is 36.5. The molecule has 4 amide bonds. The minimum absolute atomic E-state index is 0.0722. The average molecular weight is 1370 g/mol. The fourth-order valence-corrected chi connectivity index (χ4v) is 17.3. The number of carbonyl (C=O) groups is 2. The van der Waals surface area contributed by atoms with Gasteiger partial charge < -0.3 is 49.7 Å². The molecule has 0 saturated carbocycles. The number of ether oxygens (including phenoxy) is 6. The third kappa shape index (κ3) is 18.4. The van der Waals surface area contributed by atoms with E-state index in [9.17, 15) is 26.4 Å². The summed E-state index contributed by atoms with van der Waals surface area (Å²) in [5, 5.41) is 13.4. The number of piperidine rings is 4. The van der Waals surface area contributed by atoms with E-state index in [1.807, 2.05) is 12.1 Å². The molecule has 6 aliphatic rings. The Morgan fingerprint density at radius 2 is 0.756 bits per heavy atom. The summed E-state index contributed by atoms with van der Waals surface area (Å²) >= 11 is 26.5. The van der Waals surface area contributed by atoms with Gasteiger partial charge >= 0.3 is 12.1 Å². The van der Waals surface area contributed by atoms with E-state index in [4.69, 9.17) is 74.8 Å². The molecule has 10 rings (SSSR count). The lowest BCUT2D eigenvalue weighted by molar-refractivity contribution is -0.0348. The summed E-state index contributed by atoms with van der Waals surface area (Å²) in [6.45, 7) is 3.40. The van der Waals surface area contributed by atoms with Gasteiger partial charge in [0.05, 0.1) is 74.7 Å². The van der Waals surface area contributed by atoms with Crippen molar-refractivity contribution >= 4 is 78.5 Å². The monoisotopic (exact) mass is 1360 g/mol. The van der Waals surface area contributed by atoms with Crippen molar-refractivity contribution in [2.75, 3.05) is 92.1 Å². The Kier molecular flexibility index (Phi) is 25.3. The Morgan fingerprint density at radius 3 is 1.10 bits per heavy atom. The number of urea groups is 2. The van der Waals surface area contributed by atoms with Crippen molar-refractivity contribution in [2.45, 2.75) is 161 Å². The number of benzene rings is 4. The van der Waals surface area contributed by atoms with Gasteiger partial charge in [-0.25, -0.2) is 35.9 Å². The van der Waals surface area contributed by atoms with Crippen molar-refractivity contribution in [2.24, 2.45) is 0 Å². The lowest BCUT2D eigenvalue weighted by atomic mass is 9.82. The number of sulfonamides is 2. The molecule has 0 unspecified atom stereocenters. The van der Waals surface area contributed by atoms with Crippen LogP contribution in [-0.2, 0) is 51.8 Å². The maximum atomic E-state index is 13.1. The number of nitrogens with zero attached hydrogens (tertiary/aromatic N) is 2. The van der Waals surface area contributed by atoms with Gasteiger partial charge in [0.15, 0.2) is 0 Å². The highest BCUT2D eigenvalue weighted by Gasteiger charge is 2.48. The van der Waals surface area contributed by atoms with Crippen molar-refractivity contribution in [3.63, 3.8) is 0 Å². The van der Waals surface area contributed by atoms with E-state index in [2.05, 4.69) is 40.5 Å². The minimum Gasteiger partial charge on any atom is -0.484 e. The average Bonchev–Trinajstić information content (AvgIpc) is 1.58. The first kappa shape index (κ1) is 68.6. The van der Waals surface area contributed by atoms with Crippen LogP contribution < -0.4 is 40.2 Å². The fraction of sp³-hybridized carbons (Fsp3) is 0.594. The molecule has 2 aliphatic carbocycles. The Bertz CT molecular complexity index is 3000. The highest BCUT2D eigenvalue weighted by atomic mass is 35.5. The molecule has 26 heteroatoms. The van der Waals surface area contributed by atoms with Crippen molar-refractivity contribution in [3.8, 4) is 11.5 Å². The molecule has 0 spiro atoms. The predicted molar refractivity (Wildman–Crippen MR) is 347 cm³/mol. The lowest BCUT2D eigenvalue weighted by Gasteiger charge is -2.50. The van der Waals surface area contributed by atoms with Crippen molar-refractivity contribution in [1.29, 1.82) is 0 Å². The summed E-state index contributed by atoms with van der Waals surface area (Å²) in [5.74, 6) is 1.14. The van der Waals surface area contributed by atoms with Crippen LogP contribution in [0.1, 0.15) is 124 Å². The van der Waals surface area contributed by atoms with Gasteiger partial charge in [-0.15, -0.1) is 0 Å². The van der Waals surface area contributed by atoms with Gasteiger partial charge in [-0.1, -0.05) is 72.1 Å². The molecule has 4 bridgehead atoms. The molecule has 4 atom stereocenters. The predicted octanol–water partition coefficient (Wildman–Crippen LogP) is 9.91. The van der Waals surface area contributed by atoms with Gasteiger partial charge in [0.2, 0.25) is 20.0 Å². The maximum absolute atomic E-state index is 13.1. The van der Waals surface area contributed by atoms with Crippen LogP contribution in [-0.4, -0.2) is 167 Å². The molecule has 494 valence electrons. The zero-order valence-electron chi connectivity index (χ0n) is 50.9. The highest BCUT2D eigenvalue weighted by Crippen LogP contribution is 2.49. The molecular weight excluding hydrogens is 1280 g/mol. The van der Waals surface area contributed by atoms with Gasteiger partial charge in [0.25, 0.3) is 0 Å². The van der Waals surface area contributed by atoms with E-state index < -0.39 is 20.0 Å².